The van der Waals surface area contributed by atoms with Gasteiger partial charge in [-0.3, -0.25) is 0 Å². The molecule has 0 aromatic heterocycles. The summed E-state index contributed by atoms with van der Waals surface area (Å²) in [6.07, 6.45) is 2.86. The van der Waals surface area contributed by atoms with Gasteiger partial charge in [0, 0.05) is 12.1 Å². The van der Waals surface area contributed by atoms with Crippen molar-refractivity contribution in [2.75, 3.05) is 0 Å². The van der Waals surface area contributed by atoms with Crippen molar-refractivity contribution in [1.29, 1.82) is 0 Å². The van der Waals surface area contributed by atoms with Crippen LogP contribution >= 0.6 is 0 Å². The molecular formula is C10H19N. The lowest BCUT2D eigenvalue weighted by atomic mass is 9.94. The van der Waals surface area contributed by atoms with Crippen LogP contribution in [0.2, 0.25) is 0 Å². The van der Waals surface area contributed by atoms with Crippen molar-refractivity contribution in [3.05, 3.63) is 0 Å². The van der Waals surface area contributed by atoms with Crippen LogP contribution in [0.5, 0.6) is 0 Å². The molecule has 1 saturated carbocycles. The molecule has 64 valence electrons. The summed E-state index contributed by atoms with van der Waals surface area (Å²) < 4.78 is 0. The van der Waals surface area contributed by atoms with E-state index >= 15 is 0 Å². The van der Waals surface area contributed by atoms with Crippen molar-refractivity contribution in [3.63, 3.8) is 0 Å². The monoisotopic (exact) mass is 153 g/mol. The molecule has 4 atom stereocenters. The standard InChI is InChI=1S/C10H19N/c1-6(2)4-5-7(3)8-9-10(8)11-9/h6-11H,4-5H2,1-3H3/t7-,8?,9-,10?/m1/s1. The van der Waals surface area contributed by atoms with E-state index in [1.165, 1.54) is 12.8 Å². The molecule has 2 aliphatic rings. The van der Waals surface area contributed by atoms with Gasteiger partial charge in [-0.2, -0.15) is 0 Å². The van der Waals surface area contributed by atoms with Gasteiger partial charge in [0.2, 0.25) is 0 Å². The molecule has 11 heavy (non-hydrogen) atoms. The van der Waals surface area contributed by atoms with Crippen molar-refractivity contribution in [2.24, 2.45) is 17.8 Å². The summed E-state index contributed by atoms with van der Waals surface area (Å²) in [5, 5.41) is 3.41. The maximum absolute atomic E-state index is 3.41. The Morgan fingerprint density at radius 2 is 1.73 bits per heavy atom. The zero-order chi connectivity index (χ0) is 8.01. The van der Waals surface area contributed by atoms with Crippen molar-refractivity contribution >= 4 is 0 Å². The van der Waals surface area contributed by atoms with Gasteiger partial charge < -0.3 is 5.32 Å². The molecule has 1 heteroatoms. The second-order valence-corrected chi connectivity index (χ2v) is 4.74. The van der Waals surface area contributed by atoms with E-state index in [0.29, 0.717) is 0 Å². The van der Waals surface area contributed by atoms with Gasteiger partial charge in [-0.15, -0.1) is 0 Å². The molecule has 0 radical (unpaired) electrons. The van der Waals surface area contributed by atoms with E-state index in [1.807, 2.05) is 0 Å². The van der Waals surface area contributed by atoms with Gasteiger partial charge in [0.1, 0.15) is 0 Å². The second-order valence-electron chi connectivity index (χ2n) is 4.74. The van der Waals surface area contributed by atoms with Crippen LogP contribution in [-0.2, 0) is 0 Å². The summed E-state index contributed by atoms with van der Waals surface area (Å²) >= 11 is 0. The van der Waals surface area contributed by atoms with Crippen molar-refractivity contribution < 1.29 is 0 Å². The first-order valence-corrected chi connectivity index (χ1v) is 4.96. The topological polar surface area (TPSA) is 21.9 Å². The molecule has 2 unspecified atom stereocenters. The maximum Gasteiger partial charge on any atom is 0.0274 e. The normalized spacial score (nSPS) is 42.0. The molecule has 2 rings (SSSR count). The highest BCUT2D eigenvalue weighted by molar-refractivity contribution is 5.25. The van der Waals surface area contributed by atoms with Gasteiger partial charge in [0.25, 0.3) is 0 Å². The smallest absolute Gasteiger partial charge is 0.0274 e. The van der Waals surface area contributed by atoms with Gasteiger partial charge in [-0.1, -0.05) is 33.6 Å². The molecule has 1 nitrogen and oxygen atoms in total. The zero-order valence-corrected chi connectivity index (χ0v) is 7.80. The summed E-state index contributed by atoms with van der Waals surface area (Å²) in [6, 6.07) is 1.91. The van der Waals surface area contributed by atoms with E-state index in [-0.39, 0.29) is 0 Å². The Hall–Kier alpha value is -0.0400. The Kier molecular flexibility index (Phi) is 1.71. The number of hydrogen-bond donors (Lipinski definition) is 1. The van der Waals surface area contributed by atoms with Crippen LogP contribution in [0.3, 0.4) is 0 Å². The largest absolute Gasteiger partial charge is 0.307 e. The lowest BCUT2D eigenvalue weighted by Gasteiger charge is -2.15. The fourth-order valence-corrected chi connectivity index (χ4v) is 2.10. The summed E-state index contributed by atoms with van der Waals surface area (Å²) in [5.74, 6) is 2.93. The van der Waals surface area contributed by atoms with Crippen molar-refractivity contribution in [2.45, 2.75) is 45.7 Å². The molecule has 1 N–H and O–H groups in total. The summed E-state index contributed by atoms with van der Waals surface area (Å²) in [6.45, 7) is 7.05. The molecule has 1 aliphatic heterocycles. The molecule has 0 aromatic rings. The molecule has 0 bridgehead atoms. The summed E-state index contributed by atoms with van der Waals surface area (Å²) in [4.78, 5) is 0. The Morgan fingerprint density at radius 1 is 1.09 bits per heavy atom. The van der Waals surface area contributed by atoms with Crippen LogP contribution < -0.4 is 5.32 Å². The minimum atomic E-state index is 0.889. The van der Waals surface area contributed by atoms with Crippen LogP contribution in [0.4, 0.5) is 0 Å². The van der Waals surface area contributed by atoms with Crippen LogP contribution in [-0.4, -0.2) is 12.1 Å². The first kappa shape index (κ1) is 7.60. The molecular weight excluding hydrogens is 134 g/mol. The first-order valence-electron chi connectivity index (χ1n) is 4.96. The van der Waals surface area contributed by atoms with E-state index in [9.17, 15) is 0 Å². The quantitative estimate of drug-likeness (QED) is 0.613. The summed E-state index contributed by atoms with van der Waals surface area (Å²) in [7, 11) is 0. The van der Waals surface area contributed by atoms with Crippen LogP contribution in [0, 0.1) is 17.8 Å². The zero-order valence-electron chi connectivity index (χ0n) is 7.80. The van der Waals surface area contributed by atoms with Gasteiger partial charge in [0.05, 0.1) is 0 Å². The second kappa shape index (κ2) is 2.48. The highest BCUT2D eigenvalue weighted by atomic mass is 15.3. The van der Waals surface area contributed by atoms with Crippen molar-refractivity contribution in [1.82, 2.24) is 5.32 Å². The SMILES string of the molecule is CC(C)CC[C@@H](C)C1C2N[C@@H]21. The average molecular weight is 153 g/mol. The molecule has 0 amide bonds. The lowest BCUT2D eigenvalue weighted by Crippen LogP contribution is -2.16. The highest BCUT2D eigenvalue weighted by Crippen LogP contribution is 2.51. The molecule has 1 saturated heterocycles. The third-order valence-electron chi connectivity index (χ3n) is 3.21. The Labute approximate surface area is 69.6 Å². The van der Waals surface area contributed by atoms with E-state index < -0.39 is 0 Å². The minimum Gasteiger partial charge on any atom is -0.307 e. The minimum absolute atomic E-state index is 0.889. The fourth-order valence-electron chi connectivity index (χ4n) is 2.10. The van der Waals surface area contributed by atoms with Crippen LogP contribution in [0.25, 0.3) is 0 Å². The highest BCUT2D eigenvalue weighted by Gasteiger charge is 2.65. The molecule has 0 aromatic carbocycles. The number of nitrogens with one attached hydrogen (secondary N) is 1. The molecule has 1 aliphatic carbocycles. The fraction of sp³-hybridized carbons (Fsp3) is 1.00. The van der Waals surface area contributed by atoms with E-state index in [2.05, 4.69) is 26.1 Å². The van der Waals surface area contributed by atoms with E-state index in [1.54, 1.807) is 0 Å². The van der Waals surface area contributed by atoms with Gasteiger partial charge in [0.15, 0.2) is 0 Å². The third kappa shape index (κ3) is 1.44. The molecule has 0 spiro atoms. The number of hydrogen-bond acceptors (Lipinski definition) is 1. The number of rotatable bonds is 4. The third-order valence-corrected chi connectivity index (χ3v) is 3.21. The predicted molar refractivity (Wildman–Crippen MR) is 47.4 cm³/mol. The average Bonchev–Trinajstić information content (AvgIpc) is 2.68. The maximum atomic E-state index is 3.41. The first-order chi connectivity index (χ1) is 5.20. The molecule has 1 heterocycles. The Bertz CT molecular complexity index is 145. The van der Waals surface area contributed by atoms with E-state index in [4.69, 9.17) is 0 Å². The van der Waals surface area contributed by atoms with Crippen molar-refractivity contribution in [3.8, 4) is 0 Å². The van der Waals surface area contributed by atoms with E-state index in [0.717, 1.165) is 29.8 Å². The summed E-state index contributed by atoms with van der Waals surface area (Å²) in [5.41, 5.74) is 0. The van der Waals surface area contributed by atoms with Gasteiger partial charge in [-0.05, 0) is 17.8 Å². The molecule has 2 fully saturated rings. The lowest BCUT2D eigenvalue weighted by molar-refractivity contribution is 0.369. The van der Waals surface area contributed by atoms with Crippen LogP contribution in [0.1, 0.15) is 33.6 Å². The van der Waals surface area contributed by atoms with Crippen LogP contribution in [0.15, 0.2) is 0 Å². The van der Waals surface area contributed by atoms with Gasteiger partial charge >= 0.3 is 0 Å². The number of fused-ring (bicyclic) bond motifs is 1. The Morgan fingerprint density at radius 3 is 2.09 bits per heavy atom. The van der Waals surface area contributed by atoms with Gasteiger partial charge in [-0.25, -0.2) is 0 Å². The predicted octanol–water partition coefficient (Wildman–Crippen LogP) is 2.03. The Balaban J connectivity index is 1.62.